The molecule has 6 nitrogen and oxygen atoms in total. The average molecular weight is 280 g/mol. The summed E-state index contributed by atoms with van der Waals surface area (Å²) in [6.07, 6.45) is 0.0759. The fraction of sp³-hybridized carbons (Fsp3) is 0.500. The molecule has 0 spiro atoms. The number of hydrogen-bond donors (Lipinski definition) is 3. The highest BCUT2D eigenvalue weighted by molar-refractivity contribution is 5.74. The fourth-order valence-corrected chi connectivity index (χ4v) is 1.58. The lowest BCUT2D eigenvalue weighted by Crippen LogP contribution is -2.37. The first-order chi connectivity index (χ1) is 9.41. The van der Waals surface area contributed by atoms with Crippen molar-refractivity contribution in [2.24, 2.45) is 0 Å². The van der Waals surface area contributed by atoms with Crippen molar-refractivity contribution < 1.29 is 9.53 Å². The summed E-state index contributed by atoms with van der Waals surface area (Å²) in [7, 11) is 3.40. The highest BCUT2D eigenvalue weighted by Crippen LogP contribution is 2.29. The van der Waals surface area contributed by atoms with E-state index in [1.807, 2.05) is 32.0 Å². The molecule has 2 amide bonds. The van der Waals surface area contributed by atoms with E-state index in [-0.39, 0.29) is 12.1 Å². The van der Waals surface area contributed by atoms with Crippen LogP contribution >= 0.6 is 0 Å². The van der Waals surface area contributed by atoms with E-state index in [1.54, 1.807) is 14.1 Å². The van der Waals surface area contributed by atoms with Gasteiger partial charge in [0.05, 0.1) is 17.5 Å². The topological polar surface area (TPSA) is 79.6 Å². The average Bonchev–Trinajstić information content (AvgIpc) is 2.37. The van der Waals surface area contributed by atoms with Gasteiger partial charge >= 0.3 is 6.03 Å². The van der Waals surface area contributed by atoms with Crippen LogP contribution in [0, 0.1) is 0 Å². The van der Waals surface area contributed by atoms with E-state index in [2.05, 4.69) is 10.6 Å². The number of anilines is 2. The molecule has 0 saturated heterocycles. The molecule has 1 rings (SSSR count). The highest BCUT2D eigenvalue weighted by atomic mass is 16.5. The van der Waals surface area contributed by atoms with E-state index < -0.39 is 0 Å². The second-order valence-corrected chi connectivity index (χ2v) is 4.94. The SMILES string of the molecule is CC(C)Oc1cccc(NCCNC(=O)N(C)C)c1N. The number of carbonyl (C=O) groups excluding carboxylic acids is 1. The minimum Gasteiger partial charge on any atom is -0.489 e. The molecule has 0 bridgehead atoms. The molecule has 0 unspecified atom stereocenters. The van der Waals surface area contributed by atoms with Crippen molar-refractivity contribution in [3.63, 3.8) is 0 Å². The summed E-state index contributed by atoms with van der Waals surface area (Å²) in [5.41, 5.74) is 7.43. The summed E-state index contributed by atoms with van der Waals surface area (Å²) < 4.78 is 5.62. The number of nitrogens with one attached hydrogen (secondary N) is 2. The first-order valence-electron chi connectivity index (χ1n) is 6.66. The minimum absolute atomic E-state index is 0.0759. The van der Waals surface area contributed by atoms with Gasteiger partial charge < -0.3 is 26.0 Å². The van der Waals surface area contributed by atoms with Gasteiger partial charge in [-0.2, -0.15) is 0 Å². The van der Waals surface area contributed by atoms with Gasteiger partial charge in [-0.1, -0.05) is 6.07 Å². The van der Waals surface area contributed by atoms with E-state index in [0.717, 1.165) is 5.69 Å². The summed E-state index contributed by atoms with van der Waals surface area (Å²) in [5, 5.41) is 5.95. The molecule has 1 aromatic carbocycles. The molecule has 0 atom stereocenters. The fourth-order valence-electron chi connectivity index (χ4n) is 1.58. The molecule has 0 heterocycles. The van der Waals surface area contributed by atoms with Gasteiger partial charge in [0.15, 0.2) is 0 Å². The maximum absolute atomic E-state index is 11.3. The van der Waals surface area contributed by atoms with Crippen LogP contribution in [0.4, 0.5) is 16.2 Å². The van der Waals surface area contributed by atoms with E-state index in [1.165, 1.54) is 4.90 Å². The Kier molecular flexibility index (Phi) is 5.96. The van der Waals surface area contributed by atoms with Gasteiger partial charge in [-0.15, -0.1) is 0 Å². The standard InChI is InChI=1S/C14H24N4O2/c1-10(2)20-12-7-5-6-11(13(12)15)16-8-9-17-14(19)18(3)4/h5-7,10,16H,8-9,15H2,1-4H3,(H,17,19). The minimum atomic E-state index is -0.114. The van der Waals surface area contributed by atoms with Gasteiger partial charge in [-0.05, 0) is 26.0 Å². The van der Waals surface area contributed by atoms with Gasteiger partial charge in [0.1, 0.15) is 5.75 Å². The van der Waals surface area contributed by atoms with Crippen molar-refractivity contribution in [2.45, 2.75) is 20.0 Å². The van der Waals surface area contributed by atoms with Gasteiger partial charge in [-0.3, -0.25) is 0 Å². The largest absolute Gasteiger partial charge is 0.489 e. The molecular weight excluding hydrogens is 256 g/mol. The molecule has 6 heteroatoms. The van der Waals surface area contributed by atoms with Crippen LogP contribution in [0.3, 0.4) is 0 Å². The van der Waals surface area contributed by atoms with Crippen LogP contribution in [0.1, 0.15) is 13.8 Å². The number of benzene rings is 1. The van der Waals surface area contributed by atoms with E-state index in [4.69, 9.17) is 10.5 Å². The molecule has 0 aromatic heterocycles. The van der Waals surface area contributed by atoms with Crippen molar-refractivity contribution in [3.8, 4) is 5.75 Å². The molecular formula is C14H24N4O2. The molecule has 0 aliphatic carbocycles. The van der Waals surface area contributed by atoms with E-state index >= 15 is 0 Å². The Balaban J connectivity index is 2.50. The number of rotatable bonds is 6. The number of nitrogens with zero attached hydrogens (tertiary/aromatic N) is 1. The highest BCUT2D eigenvalue weighted by Gasteiger charge is 2.07. The second kappa shape index (κ2) is 7.47. The third kappa shape index (κ3) is 4.87. The lowest BCUT2D eigenvalue weighted by Gasteiger charge is -2.16. The molecule has 0 radical (unpaired) electrons. The third-order valence-corrected chi connectivity index (χ3v) is 2.55. The Hall–Kier alpha value is -2.11. The van der Waals surface area contributed by atoms with Gasteiger partial charge in [-0.25, -0.2) is 4.79 Å². The van der Waals surface area contributed by atoms with E-state index in [0.29, 0.717) is 24.5 Å². The predicted octanol–water partition coefficient (Wildman–Crippen LogP) is 1.74. The quantitative estimate of drug-likeness (QED) is 0.548. The Labute approximate surface area is 120 Å². The van der Waals surface area contributed by atoms with Crippen LogP contribution in [-0.2, 0) is 0 Å². The molecule has 112 valence electrons. The van der Waals surface area contributed by atoms with Gasteiger partial charge in [0.2, 0.25) is 0 Å². The number of amides is 2. The van der Waals surface area contributed by atoms with Crippen LogP contribution in [0.15, 0.2) is 18.2 Å². The van der Waals surface area contributed by atoms with E-state index in [9.17, 15) is 4.79 Å². The Morgan fingerprint density at radius 2 is 2.05 bits per heavy atom. The monoisotopic (exact) mass is 280 g/mol. The number of carbonyl (C=O) groups is 1. The first kappa shape index (κ1) is 15.9. The molecule has 1 aromatic rings. The van der Waals surface area contributed by atoms with Crippen LogP contribution in [0.2, 0.25) is 0 Å². The third-order valence-electron chi connectivity index (χ3n) is 2.55. The lowest BCUT2D eigenvalue weighted by molar-refractivity contribution is 0.218. The summed E-state index contributed by atoms with van der Waals surface area (Å²) in [6, 6.07) is 5.50. The maximum atomic E-state index is 11.3. The van der Waals surface area contributed by atoms with Crippen LogP contribution in [0.25, 0.3) is 0 Å². The molecule has 0 aliphatic heterocycles. The number of nitrogen functional groups attached to an aromatic ring is 1. The zero-order valence-corrected chi connectivity index (χ0v) is 12.6. The number of urea groups is 1. The second-order valence-electron chi connectivity index (χ2n) is 4.94. The normalized spacial score (nSPS) is 10.2. The Morgan fingerprint density at radius 3 is 2.65 bits per heavy atom. The van der Waals surface area contributed by atoms with Crippen LogP contribution in [0.5, 0.6) is 5.75 Å². The van der Waals surface area contributed by atoms with Crippen molar-refractivity contribution in [3.05, 3.63) is 18.2 Å². The summed E-state index contributed by atoms with van der Waals surface area (Å²) in [6.45, 7) is 5.02. The molecule has 0 saturated carbocycles. The smallest absolute Gasteiger partial charge is 0.316 e. The van der Waals surface area contributed by atoms with Crippen molar-refractivity contribution >= 4 is 17.4 Å². The molecule has 0 aliphatic rings. The molecule has 0 fully saturated rings. The number of nitrogens with two attached hydrogens (primary N) is 1. The van der Waals surface area contributed by atoms with Crippen LogP contribution < -0.4 is 21.1 Å². The van der Waals surface area contributed by atoms with Crippen molar-refractivity contribution in [2.75, 3.05) is 38.2 Å². The summed E-state index contributed by atoms with van der Waals surface area (Å²) >= 11 is 0. The lowest BCUT2D eigenvalue weighted by atomic mass is 10.2. The maximum Gasteiger partial charge on any atom is 0.316 e. The molecule has 4 N–H and O–H groups in total. The zero-order valence-electron chi connectivity index (χ0n) is 12.6. The first-order valence-corrected chi connectivity index (χ1v) is 6.66. The van der Waals surface area contributed by atoms with Gasteiger partial charge in [0.25, 0.3) is 0 Å². The number of ether oxygens (including phenoxy) is 1. The Morgan fingerprint density at radius 1 is 1.35 bits per heavy atom. The Bertz CT molecular complexity index is 447. The number of para-hydroxylation sites is 1. The summed E-state index contributed by atoms with van der Waals surface area (Å²) in [4.78, 5) is 12.8. The number of hydrogen-bond acceptors (Lipinski definition) is 4. The van der Waals surface area contributed by atoms with Crippen LogP contribution in [-0.4, -0.2) is 44.2 Å². The van der Waals surface area contributed by atoms with Crippen molar-refractivity contribution in [1.82, 2.24) is 10.2 Å². The molecule has 20 heavy (non-hydrogen) atoms. The predicted molar refractivity (Wildman–Crippen MR) is 82.2 cm³/mol. The zero-order chi connectivity index (χ0) is 15.1. The van der Waals surface area contributed by atoms with Gasteiger partial charge in [0, 0.05) is 27.2 Å². The summed E-state index contributed by atoms with van der Waals surface area (Å²) in [5.74, 6) is 0.669. The van der Waals surface area contributed by atoms with Crippen molar-refractivity contribution in [1.29, 1.82) is 0 Å².